The van der Waals surface area contributed by atoms with Crippen molar-refractivity contribution in [1.82, 2.24) is 5.32 Å². The van der Waals surface area contributed by atoms with Crippen LogP contribution < -0.4 is 5.32 Å². The smallest absolute Gasteiger partial charge is 0.0468 e. The fourth-order valence-electron chi connectivity index (χ4n) is 2.83. The Bertz CT molecular complexity index is 400. The second kappa shape index (κ2) is 5.41. The van der Waals surface area contributed by atoms with Crippen LogP contribution in [0.3, 0.4) is 0 Å². The molecule has 1 aliphatic carbocycles. The van der Waals surface area contributed by atoms with Crippen LogP contribution in [0.1, 0.15) is 50.8 Å². The van der Waals surface area contributed by atoms with Crippen molar-refractivity contribution in [3.05, 3.63) is 35.4 Å². The van der Waals surface area contributed by atoms with E-state index in [1.54, 1.807) is 0 Å². The average Bonchev–Trinajstić information content (AvgIpc) is 2.38. The third-order valence-electron chi connectivity index (χ3n) is 4.15. The standard InChI is InChI=1S/C16H25NO/c1-12(11-18)10-17-15-8-9-16(2,3)14-7-5-4-6-13(14)15/h4-7,12,15,17-18H,8-11H2,1-3H3. The minimum atomic E-state index is 0.257. The van der Waals surface area contributed by atoms with Crippen LogP contribution in [-0.2, 0) is 5.41 Å². The molecule has 0 saturated heterocycles. The van der Waals surface area contributed by atoms with Crippen molar-refractivity contribution in [3.8, 4) is 0 Å². The molecule has 0 spiro atoms. The summed E-state index contributed by atoms with van der Waals surface area (Å²) in [5.74, 6) is 0.326. The first-order chi connectivity index (χ1) is 8.54. The van der Waals surface area contributed by atoms with Gasteiger partial charge in [-0.05, 0) is 35.3 Å². The lowest BCUT2D eigenvalue weighted by Gasteiger charge is -2.37. The van der Waals surface area contributed by atoms with E-state index in [1.807, 2.05) is 0 Å². The van der Waals surface area contributed by atoms with E-state index >= 15 is 0 Å². The van der Waals surface area contributed by atoms with Crippen LogP contribution in [0.25, 0.3) is 0 Å². The van der Waals surface area contributed by atoms with Gasteiger partial charge in [0.25, 0.3) is 0 Å². The van der Waals surface area contributed by atoms with Crippen LogP contribution in [0.5, 0.6) is 0 Å². The van der Waals surface area contributed by atoms with Gasteiger partial charge in [-0.15, -0.1) is 0 Å². The zero-order chi connectivity index (χ0) is 13.2. The number of nitrogens with one attached hydrogen (secondary N) is 1. The van der Waals surface area contributed by atoms with Gasteiger partial charge in [-0.25, -0.2) is 0 Å². The molecule has 0 saturated carbocycles. The van der Waals surface area contributed by atoms with Crippen molar-refractivity contribution in [2.45, 2.75) is 45.1 Å². The number of hydrogen-bond donors (Lipinski definition) is 2. The Morgan fingerprint density at radius 3 is 2.83 bits per heavy atom. The fourth-order valence-corrected chi connectivity index (χ4v) is 2.83. The molecule has 2 N–H and O–H groups in total. The summed E-state index contributed by atoms with van der Waals surface area (Å²) in [6.07, 6.45) is 2.40. The summed E-state index contributed by atoms with van der Waals surface area (Å²) in [7, 11) is 0. The molecule has 1 aromatic rings. The maximum atomic E-state index is 9.10. The van der Waals surface area contributed by atoms with Gasteiger partial charge in [0, 0.05) is 19.2 Å². The van der Waals surface area contributed by atoms with Crippen LogP contribution >= 0.6 is 0 Å². The van der Waals surface area contributed by atoms with Crippen molar-refractivity contribution in [2.75, 3.05) is 13.2 Å². The highest BCUT2D eigenvalue weighted by molar-refractivity contribution is 5.38. The molecule has 2 nitrogen and oxygen atoms in total. The van der Waals surface area contributed by atoms with E-state index in [1.165, 1.54) is 24.0 Å². The fraction of sp³-hybridized carbons (Fsp3) is 0.625. The molecule has 2 heteroatoms. The van der Waals surface area contributed by atoms with Crippen molar-refractivity contribution in [2.24, 2.45) is 5.92 Å². The Kier molecular flexibility index (Phi) is 4.08. The molecule has 0 fully saturated rings. The zero-order valence-corrected chi connectivity index (χ0v) is 11.7. The summed E-state index contributed by atoms with van der Waals surface area (Å²) >= 11 is 0. The van der Waals surface area contributed by atoms with E-state index in [0.717, 1.165) is 6.54 Å². The molecule has 100 valence electrons. The van der Waals surface area contributed by atoms with Gasteiger partial charge in [0.2, 0.25) is 0 Å². The van der Waals surface area contributed by atoms with E-state index in [9.17, 15) is 0 Å². The van der Waals surface area contributed by atoms with E-state index in [-0.39, 0.29) is 12.0 Å². The van der Waals surface area contributed by atoms with Gasteiger partial charge in [-0.2, -0.15) is 0 Å². The predicted octanol–water partition coefficient (Wildman–Crippen LogP) is 3.02. The molecule has 18 heavy (non-hydrogen) atoms. The zero-order valence-electron chi connectivity index (χ0n) is 11.7. The molecule has 0 heterocycles. The Hall–Kier alpha value is -0.860. The molecule has 0 amide bonds. The van der Waals surface area contributed by atoms with Crippen LogP contribution in [0.15, 0.2) is 24.3 Å². The van der Waals surface area contributed by atoms with Gasteiger partial charge in [0.05, 0.1) is 0 Å². The highest BCUT2D eigenvalue weighted by Gasteiger charge is 2.31. The summed E-state index contributed by atoms with van der Waals surface area (Å²) in [5.41, 5.74) is 3.21. The van der Waals surface area contributed by atoms with Gasteiger partial charge in [-0.3, -0.25) is 0 Å². The largest absolute Gasteiger partial charge is 0.396 e. The third-order valence-corrected chi connectivity index (χ3v) is 4.15. The first kappa shape index (κ1) is 13.6. The molecule has 2 atom stereocenters. The molecule has 2 unspecified atom stereocenters. The molecule has 1 aliphatic rings. The first-order valence-corrected chi connectivity index (χ1v) is 6.98. The Morgan fingerprint density at radius 2 is 2.11 bits per heavy atom. The summed E-state index contributed by atoms with van der Waals surface area (Å²) in [6, 6.07) is 9.23. The van der Waals surface area contributed by atoms with Crippen LogP contribution in [0.4, 0.5) is 0 Å². The SMILES string of the molecule is CC(CO)CNC1CCC(C)(C)c2ccccc21. The van der Waals surface area contributed by atoms with Crippen molar-refractivity contribution < 1.29 is 5.11 Å². The van der Waals surface area contributed by atoms with E-state index in [0.29, 0.717) is 12.0 Å². The van der Waals surface area contributed by atoms with Gasteiger partial charge >= 0.3 is 0 Å². The molecule has 0 bridgehead atoms. The maximum Gasteiger partial charge on any atom is 0.0468 e. The highest BCUT2D eigenvalue weighted by atomic mass is 16.3. The maximum absolute atomic E-state index is 9.10. The van der Waals surface area contributed by atoms with E-state index in [4.69, 9.17) is 5.11 Å². The lowest BCUT2D eigenvalue weighted by Crippen LogP contribution is -2.35. The highest BCUT2D eigenvalue weighted by Crippen LogP contribution is 2.41. The first-order valence-electron chi connectivity index (χ1n) is 6.98. The van der Waals surface area contributed by atoms with Crippen molar-refractivity contribution in [1.29, 1.82) is 0 Å². The quantitative estimate of drug-likeness (QED) is 0.857. The molecular formula is C16H25NO. The topological polar surface area (TPSA) is 32.3 Å². The molecule has 2 rings (SSSR count). The molecule has 1 aromatic carbocycles. The van der Waals surface area contributed by atoms with E-state index < -0.39 is 0 Å². The number of fused-ring (bicyclic) bond motifs is 1. The monoisotopic (exact) mass is 247 g/mol. The Morgan fingerprint density at radius 1 is 1.39 bits per heavy atom. The minimum absolute atomic E-state index is 0.257. The average molecular weight is 247 g/mol. The molecule has 0 radical (unpaired) electrons. The number of benzene rings is 1. The van der Waals surface area contributed by atoms with Gasteiger partial charge in [0.1, 0.15) is 0 Å². The number of aliphatic hydroxyl groups excluding tert-OH is 1. The lowest BCUT2D eigenvalue weighted by atomic mass is 9.71. The summed E-state index contributed by atoms with van der Waals surface area (Å²) in [6.45, 7) is 7.88. The number of hydrogen-bond acceptors (Lipinski definition) is 2. The van der Waals surface area contributed by atoms with Gasteiger partial charge < -0.3 is 10.4 Å². The van der Waals surface area contributed by atoms with Gasteiger partial charge in [-0.1, -0.05) is 45.0 Å². The molecule has 0 aliphatic heterocycles. The third kappa shape index (κ3) is 2.76. The van der Waals surface area contributed by atoms with Crippen molar-refractivity contribution in [3.63, 3.8) is 0 Å². The van der Waals surface area contributed by atoms with Crippen LogP contribution in [0, 0.1) is 5.92 Å². The predicted molar refractivity (Wildman–Crippen MR) is 75.7 cm³/mol. The second-order valence-corrected chi connectivity index (χ2v) is 6.26. The Labute approximate surface area is 110 Å². The summed E-state index contributed by atoms with van der Waals surface area (Å²) in [5, 5.41) is 12.7. The number of aliphatic hydroxyl groups is 1. The van der Waals surface area contributed by atoms with Crippen molar-refractivity contribution >= 4 is 0 Å². The van der Waals surface area contributed by atoms with Crippen LogP contribution in [0.2, 0.25) is 0 Å². The molecule has 0 aromatic heterocycles. The summed E-state index contributed by atoms with van der Waals surface area (Å²) in [4.78, 5) is 0. The number of rotatable bonds is 4. The van der Waals surface area contributed by atoms with E-state index in [2.05, 4.69) is 50.4 Å². The summed E-state index contributed by atoms with van der Waals surface area (Å²) < 4.78 is 0. The minimum Gasteiger partial charge on any atom is -0.396 e. The van der Waals surface area contributed by atoms with Gasteiger partial charge in [0.15, 0.2) is 0 Å². The van der Waals surface area contributed by atoms with Crippen LogP contribution in [-0.4, -0.2) is 18.3 Å². The molecular weight excluding hydrogens is 222 g/mol. The Balaban J connectivity index is 2.15. The normalized spacial score (nSPS) is 23.4. The lowest BCUT2D eigenvalue weighted by molar-refractivity contribution is 0.226. The second-order valence-electron chi connectivity index (χ2n) is 6.26.